The van der Waals surface area contributed by atoms with E-state index in [0.717, 1.165) is 0 Å². The van der Waals surface area contributed by atoms with Gasteiger partial charge in [0.2, 0.25) is 0 Å². The SMILES string of the molecule is [N-]=[N+]=NCC#Cc1cnc(N)c(Cl)n1. The molecule has 0 radical (unpaired) electrons. The van der Waals surface area contributed by atoms with Crippen LogP contribution >= 0.6 is 11.6 Å². The minimum Gasteiger partial charge on any atom is -0.381 e. The molecule has 1 aromatic heterocycles. The molecule has 0 aliphatic heterocycles. The van der Waals surface area contributed by atoms with Crippen LogP contribution in [-0.4, -0.2) is 16.5 Å². The van der Waals surface area contributed by atoms with Gasteiger partial charge in [0.1, 0.15) is 5.69 Å². The molecule has 7 heteroatoms. The maximum atomic E-state index is 7.97. The van der Waals surface area contributed by atoms with Crippen LogP contribution in [-0.2, 0) is 0 Å². The summed E-state index contributed by atoms with van der Waals surface area (Å²) in [6, 6.07) is 0. The van der Waals surface area contributed by atoms with Gasteiger partial charge in [-0.25, -0.2) is 9.97 Å². The Labute approximate surface area is 84.7 Å². The fourth-order valence-corrected chi connectivity index (χ4v) is 0.773. The number of hydrogen-bond donors (Lipinski definition) is 1. The van der Waals surface area contributed by atoms with E-state index in [2.05, 4.69) is 31.8 Å². The third-order valence-electron chi connectivity index (χ3n) is 1.19. The van der Waals surface area contributed by atoms with Gasteiger partial charge in [0, 0.05) is 4.91 Å². The lowest BCUT2D eigenvalue weighted by molar-refractivity contribution is 1.18. The maximum Gasteiger partial charge on any atom is 0.172 e. The van der Waals surface area contributed by atoms with Gasteiger partial charge in [-0.3, -0.25) is 0 Å². The van der Waals surface area contributed by atoms with E-state index in [9.17, 15) is 0 Å². The van der Waals surface area contributed by atoms with Gasteiger partial charge in [-0.15, -0.1) is 0 Å². The molecule has 1 heterocycles. The standard InChI is InChI=1S/C7H5ClN6/c8-6-7(9)11-4-5(13-6)2-1-3-12-14-10/h4H,3H2,(H2,9,11). The van der Waals surface area contributed by atoms with E-state index >= 15 is 0 Å². The summed E-state index contributed by atoms with van der Waals surface area (Å²) in [6.07, 6.45) is 1.39. The predicted octanol–water partition coefficient (Wildman–Crippen LogP) is 1.37. The zero-order valence-corrected chi connectivity index (χ0v) is 7.73. The molecule has 0 amide bonds. The molecule has 6 nitrogen and oxygen atoms in total. The first-order valence-corrected chi connectivity index (χ1v) is 3.89. The molecule has 0 aliphatic carbocycles. The Morgan fingerprint density at radius 1 is 1.71 bits per heavy atom. The number of aromatic nitrogens is 2. The Morgan fingerprint density at radius 2 is 2.50 bits per heavy atom. The second kappa shape index (κ2) is 4.92. The van der Waals surface area contributed by atoms with E-state index < -0.39 is 0 Å². The molecule has 0 bridgehead atoms. The zero-order chi connectivity index (χ0) is 10.4. The van der Waals surface area contributed by atoms with Crippen LogP contribution in [0, 0.1) is 11.8 Å². The lowest BCUT2D eigenvalue weighted by Crippen LogP contribution is -1.95. The van der Waals surface area contributed by atoms with Crippen molar-refractivity contribution in [3.8, 4) is 11.8 Å². The quantitative estimate of drug-likeness (QED) is 0.326. The number of nitrogens with two attached hydrogens (primary N) is 1. The summed E-state index contributed by atoms with van der Waals surface area (Å²) in [5.41, 5.74) is 13.7. The van der Waals surface area contributed by atoms with Crippen molar-refractivity contribution in [2.75, 3.05) is 12.3 Å². The van der Waals surface area contributed by atoms with Crippen LogP contribution in [0.2, 0.25) is 5.15 Å². The highest BCUT2D eigenvalue weighted by atomic mass is 35.5. The molecule has 0 saturated heterocycles. The molecular weight excluding hydrogens is 204 g/mol. The number of nitrogens with zero attached hydrogens (tertiary/aromatic N) is 5. The molecule has 0 atom stereocenters. The van der Waals surface area contributed by atoms with Crippen LogP contribution in [0.5, 0.6) is 0 Å². The first-order chi connectivity index (χ1) is 6.74. The maximum absolute atomic E-state index is 7.97. The lowest BCUT2D eigenvalue weighted by atomic mass is 10.4. The van der Waals surface area contributed by atoms with Crippen molar-refractivity contribution in [1.29, 1.82) is 0 Å². The number of rotatable bonds is 1. The van der Waals surface area contributed by atoms with Gasteiger partial charge < -0.3 is 5.73 Å². The Hall–Kier alpha value is -1.96. The van der Waals surface area contributed by atoms with Crippen molar-refractivity contribution in [2.45, 2.75) is 0 Å². The number of azide groups is 1. The lowest BCUT2D eigenvalue weighted by Gasteiger charge is -1.94. The Morgan fingerprint density at radius 3 is 3.14 bits per heavy atom. The highest BCUT2D eigenvalue weighted by Gasteiger charge is 1.98. The van der Waals surface area contributed by atoms with Crippen molar-refractivity contribution < 1.29 is 0 Å². The van der Waals surface area contributed by atoms with E-state index in [1.807, 2.05) is 0 Å². The normalized spacial score (nSPS) is 8.36. The summed E-state index contributed by atoms with van der Waals surface area (Å²) < 4.78 is 0. The Bertz CT molecular complexity index is 439. The minimum absolute atomic E-state index is 0.0835. The molecule has 2 N–H and O–H groups in total. The van der Waals surface area contributed by atoms with Gasteiger partial charge >= 0.3 is 0 Å². The average Bonchev–Trinajstić information content (AvgIpc) is 2.18. The summed E-state index contributed by atoms with van der Waals surface area (Å²) in [6.45, 7) is 0.0835. The third kappa shape index (κ3) is 2.83. The molecule has 0 aromatic carbocycles. The van der Waals surface area contributed by atoms with E-state index in [4.69, 9.17) is 22.9 Å². The van der Waals surface area contributed by atoms with Gasteiger partial charge in [-0.2, -0.15) is 0 Å². The van der Waals surface area contributed by atoms with Crippen LogP contribution in [0.4, 0.5) is 5.82 Å². The summed E-state index contributed by atoms with van der Waals surface area (Å²) >= 11 is 5.61. The van der Waals surface area contributed by atoms with E-state index in [1.54, 1.807) is 0 Å². The molecular formula is C7H5ClN6. The number of halogens is 1. The Kier molecular flexibility index (Phi) is 3.56. The Balaban J connectivity index is 2.80. The third-order valence-corrected chi connectivity index (χ3v) is 1.46. The molecule has 14 heavy (non-hydrogen) atoms. The molecule has 0 aliphatic rings. The minimum atomic E-state index is 0.0835. The molecule has 0 spiro atoms. The summed E-state index contributed by atoms with van der Waals surface area (Å²) in [4.78, 5) is 10.1. The van der Waals surface area contributed by atoms with Crippen molar-refractivity contribution >= 4 is 17.4 Å². The van der Waals surface area contributed by atoms with E-state index in [0.29, 0.717) is 5.69 Å². The van der Waals surface area contributed by atoms with Crippen LogP contribution < -0.4 is 5.73 Å². The molecule has 0 unspecified atom stereocenters. The molecule has 70 valence electrons. The second-order valence-electron chi connectivity index (χ2n) is 2.12. The van der Waals surface area contributed by atoms with Crippen molar-refractivity contribution in [2.24, 2.45) is 5.11 Å². The molecule has 0 saturated carbocycles. The van der Waals surface area contributed by atoms with E-state index in [1.165, 1.54) is 6.20 Å². The molecule has 1 aromatic rings. The topological polar surface area (TPSA) is 101 Å². The molecule has 0 fully saturated rings. The fourth-order valence-electron chi connectivity index (χ4n) is 0.633. The van der Waals surface area contributed by atoms with Crippen molar-refractivity contribution in [3.63, 3.8) is 0 Å². The van der Waals surface area contributed by atoms with E-state index in [-0.39, 0.29) is 17.5 Å². The second-order valence-corrected chi connectivity index (χ2v) is 2.48. The van der Waals surface area contributed by atoms with Crippen LogP contribution in [0.3, 0.4) is 0 Å². The van der Waals surface area contributed by atoms with Crippen molar-refractivity contribution in [1.82, 2.24) is 9.97 Å². The number of nitrogen functional groups attached to an aromatic ring is 1. The van der Waals surface area contributed by atoms with Gasteiger partial charge in [-0.05, 0) is 11.5 Å². The summed E-state index contributed by atoms with van der Waals surface area (Å²) in [5.74, 6) is 5.36. The zero-order valence-electron chi connectivity index (χ0n) is 6.98. The summed E-state index contributed by atoms with van der Waals surface area (Å²) in [5, 5.41) is 3.34. The monoisotopic (exact) mass is 208 g/mol. The highest BCUT2D eigenvalue weighted by Crippen LogP contribution is 2.10. The fraction of sp³-hybridized carbons (Fsp3) is 0.143. The number of anilines is 1. The predicted molar refractivity (Wildman–Crippen MR) is 52.3 cm³/mol. The van der Waals surface area contributed by atoms with Gasteiger partial charge in [-0.1, -0.05) is 22.6 Å². The summed E-state index contributed by atoms with van der Waals surface area (Å²) in [7, 11) is 0. The van der Waals surface area contributed by atoms with Gasteiger partial charge in [0.15, 0.2) is 11.0 Å². The first-order valence-electron chi connectivity index (χ1n) is 3.52. The number of hydrogen-bond acceptors (Lipinski definition) is 4. The first kappa shape index (κ1) is 10.1. The van der Waals surface area contributed by atoms with Crippen molar-refractivity contribution in [3.05, 3.63) is 27.5 Å². The van der Waals surface area contributed by atoms with Gasteiger partial charge in [0.05, 0.1) is 12.7 Å². The van der Waals surface area contributed by atoms with Crippen LogP contribution in [0.25, 0.3) is 10.4 Å². The molecule has 1 rings (SSSR count). The smallest absolute Gasteiger partial charge is 0.172 e. The highest BCUT2D eigenvalue weighted by molar-refractivity contribution is 6.31. The average molecular weight is 209 g/mol. The largest absolute Gasteiger partial charge is 0.381 e. The van der Waals surface area contributed by atoms with Gasteiger partial charge in [0.25, 0.3) is 0 Å². The van der Waals surface area contributed by atoms with Crippen LogP contribution in [0.15, 0.2) is 11.3 Å². The van der Waals surface area contributed by atoms with Crippen LogP contribution in [0.1, 0.15) is 5.69 Å².